The molecule has 0 saturated carbocycles. The van der Waals surface area contributed by atoms with Gasteiger partial charge in [0.25, 0.3) is 0 Å². The molecule has 0 saturated heterocycles. The van der Waals surface area contributed by atoms with E-state index in [1.807, 2.05) is 30.3 Å². The van der Waals surface area contributed by atoms with Crippen LogP contribution in [0.1, 0.15) is 51.2 Å². The first-order valence-corrected chi connectivity index (χ1v) is 7.86. The molecule has 2 N–H and O–H groups in total. The molecule has 110 valence electrons. The zero-order chi connectivity index (χ0) is 14.4. The van der Waals surface area contributed by atoms with Gasteiger partial charge in [-0.05, 0) is 30.7 Å². The number of nitrogens with one attached hydrogen (secondary N) is 1. The Bertz CT molecular complexity index is 415. The summed E-state index contributed by atoms with van der Waals surface area (Å²) in [5.41, 5.74) is 1.01. The van der Waals surface area contributed by atoms with Gasteiger partial charge in [0, 0.05) is 12.1 Å². The van der Waals surface area contributed by atoms with E-state index in [0.29, 0.717) is 12.0 Å². The van der Waals surface area contributed by atoms with Gasteiger partial charge < -0.3 is 10.4 Å². The van der Waals surface area contributed by atoms with Crippen LogP contribution in [0.3, 0.4) is 0 Å². The molecule has 2 rings (SSSR count). The monoisotopic (exact) mass is 273 g/mol. The maximum atomic E-state index is 10.6. The molecule has 1 aliphatic rings. The highest BCUT2D eigenvalue weighted by atomic mass is 16.3. The Hall–Kier alpha value is -1.12. The molecular formula is C18H27NO. The molecule has 1 aromatic carbocycles. The van der Waals surface area contributed by atoms with Crippen molar-refractivity contribution in [2.24, 2.45) is 5.92 Å². The van der Waals surface area contributed by atoms with Crippen molar-refractivity contribution in [3.8, 4) is 0 Å². The maximum absolute atomic E-state index is 10.6. The first kappa shape index (κ1) is 15.3. The lowest BCUT2D eigenvalue weighted by Crippen LogP contribution is -2.45. The third-order valence-corrected chi connectivity index (χ3v) is 4.30. The molecular weight excluding hydrogens is 246 g/mol. The Morgan fingerprint density at radius 3 is 2.55 bits per heavy atom. The normalized spacial score (nSPS) is 25.4. The molecule has 2 heteroatoms. The standard InChI is InChI=1S/C18H27NO/c1-3-9-17(18(20)15-11-5-4-6-12-15)19-16-13-8-7-10-14(16)2/h4-8,11-12,14,16-20H,3,9-10,13H2,1-2H3/t14-,16?,17?,18-/m1/s1. The van der Waals surface area contributed by atoms with Crippen molar-refractivity contribution in [3.05, 3.63) is 48.0 Å². The van der Waals surface area contributed by atoms with E-state index in [1.165, 1.54) is 0 Å². The first-order valence-electron chi connectivity index (χ1n) is 7.86. The Balaban J connectivity index is 2.04. The second-order valence-corrected chi connectivity index (χ2v) is 5.94. The molecule has 20 heavy (non-hydrogen) atoms. The SMILES string of the molecule is CCCC(NC1CC=CC[C@H]1C)[C@H](O)c1ccccc1. The lowest BCUT2D eigenvalue weighted by Gasteiger charge is -2.33. The molecule has 0 fully saturated rings. The van der Waals surface area contributed by atoms with E-state index in [-0.39, 0.29) is 6.04 Å². The van der Waals surface area contributed by atoms with E-state index >= 15 is 0 Å². The predicted octanol–water partition coefficient (Wildman–Crippen LogP) is 3.83. The van der Waals surface area contributed by atoms with Crippen molar-refractivity contribution in [1.82, 2.24) is 5.32 Å². The van der Waals surface area contributed by atoms with Crippen molar-refractivity contribution >= 4 is 0 Å². The minimum Gasteiger partial charge on any atom is -0.387 e. The van der Waals surface area contributed by atoms with Gasteiger partial charge in [0.15, 0.2) is 0 Å². The Labute approximate surface area is 122 Å². The van der Waals surface area contributed by atoms with Gasteiger partial charge in [0.05, 0.1) is 6.10 Å². The molecule has 0 bridgehead atoms. The third kappa shape index (κ3) is 3.94. The summed E-state index contributed by atoms with van der Waals surface area (Å²) in [5.74, 6) is 0.641. The highest BCUT2D eigenvalue weighted by Gasteiger charge is 2.26. The smallest absolute Gasteiger partial charge is 0.0943 e. The summed E-state index contributed by atoms with van der Waals surface area (Å²) >= 11 is 0. The number of allylic oxidation sites excluding steroid dienone is 1. The van der Waals surface area contributed by atoms with Gasteiger partial charge in [0.1, 0.15) is 0 Å². The zero-order valence-electron chi connectivity index (χ0n) is 12.6. The van der Waals surface area contributed by atoms with Gasteiger partial charge >= 0.3 is 0 Å². The molecule has 0 heterocycles. The van der Waals surface area contributed by atoms with Crippen LogP contribution in [-0.2, 0) is 0 Å². The van der Waals surface area contributed by atoms with Crippen LogP contribution in [0.2, 0.25) is 0 Å². The van der Waals surface area contributed by atoms with Crippen LogP contribution in [0, 0.1) is 5.92 Å². The van der Waals surface area contributed by atoms with Crippen molar-refractivity contribution < 1.29 is 5.11 Å². The fraction of sp³-hybridized carbons (Fsp3) is 0.556. The van der Waals surface area contributed by atoms with E-state index in [4.69, 9.17) is 0 Å². The fourth-order valence-corrected chi connectivity index (χ4v) is 2.98. The summed E-state index contributed by atoms with van der Waals surface area (Å²) in [7, 11) is 0. The van der Waals surface area contributed by atoms with E-state index in [1.54, 1.807) is 0 Å². The highest BCUT2D eigenvalue weighted by Crippen LogP contribution is 2.24. The molecule has 2 nitrogen and oxygen atoms in total. The molecule has 0 radical (unpaired) electrons. The third-order valence-electron chi connectivity index (χ3n) is 4.30. The zero-order valence-corrected chi connectivity index (χ0v) is 12.6. The molecule has 0 amide bonds. The second-order valence-electron chi connectivity index (χ2n) is 5.94. The van der Waals surface area contributed by atoms with Gasteiger partial charge in [-0.25, -0.2) is 0 Å². The Morgan fingerprint density at radius 2 is 1.90 bits per heavy atom. The highest BCUT2D eigenvalue weighted by molar-refractivity contribution is 5.19. The van der Waals surface area contributed by atoms with Gasteiger partial charge in [-0.1, -0.05) is 62.8 Å². The minimum absolute atomic E-state index is 0.140. The van der Waals surface area contributed by atoms with Crippen LogP contribution in [0.4, 0.5) is 0 Å². The van der Waals surface area contributed by atoms with E-state index < -0.39 is 6.10 Å². The number of benzene rings is 1. The molecule has 0 aromatic heterocycles. The van der Waals surface area contributed by atoms with E-state index in [9.17, 15) is 5.11 Å². The summed E-state index contributed by atoms with van der Waals surface area (Å²) in [5, 5.41) is 14.4. The Morgan fingerprint density at radius 1 is 1.20 bits per heavy atom. The van der Waals surface area contributed by atoms with Gasteiger partial charge in [-0.2, -0.15) is 0 Å². The first-order chi connectivity index (χ1) is 9.72. The largest absolute Gasteiger partial charge is 0.387 e. The second kappa shape index (κ2) is 7.61. The number of rotatable bonds is 6. The summed E-state index contributed by atoms with van der Waals surface area (Å²) in [6.45, 7) is 4.47. The molecule has 4 atom stereocenters. The Kier molecular flexibility index (Phi) is 5.81. The summed E-state index contributed by atoms with van der Waals surface area (Å²) in [6, 6.07) is 10.6. The van der Waals surface area contributed by atoms with Crippen LogP contribution >= 0.6 is 0 Å². The lowest BCUT2D eigenvalue weighted by atomic mass is 9.88. The fourth-order valence-electron chi connectivity index (χ4n) is 2.98. The van der Waals surface area contributed by atoms with Crippen LogP contribution in [0.25, 0.3) is 0 Å². The average molecular weight is 273 g/mol. The van der Waals surface area contributed by atoms with Crippen LogP contribution in [-0.4, -0.2) is 17.2 Å². The topological polar surface area (TPSA) is 32.3 Å². The van der Waals surface area contributed by atoms with Crippen LogP contribution in [0.15, 0.2) is 42.5 Å². The number of hydrogen-bond acceptors (Lipinski definition) is 2. The number of aliphatic hydroxyl groups is 1. The summed E-state index contributed by atoms with van der Waals surface area (Å²) < 4.78 is 0. The van der Waals surface area contributed by atoms with Gasteiger partial charge in [-0.3, -0.25) is 0 Å². The summed E-state index contributed by atoms with van der Waals surface area (Å²) in [6.07, 6.45) is 8.40. The average Bonchev–Trinajstić information content (AvgIpc) is 2.49. The van der Waals surface area contributed by atoms with E-state index in [0.717, 1.165) is 31.2 Å². The van der Waals surface area contributed by atoms with Crippen molar-refractivity contribution in [2.75, 3.05) is 0 Å². The predicted molar refractivity (Wildman–Crippen MR) is 84.6 cm³/mol. The van der Waals surface area contributed by atoms with Gasteiger partial charge in [0.2, 0.25) is 0 Å². The van der Waals surface area contributed by atoms with Crippen molar-refractivity contribution in [2.45, 2.75) is 57.7 Å². The molecule has 2 unspecified atom stereocenters. The van der Waals surface area contributed by atoms with Crippen molar-refractivity contribution in [3.63, 3.8) is 0 Å². The quantitative estimate of drug-likeness (QED) is 0.772. The van der Waals surface area contributed by atoms with Crippen molar-refractivity contribution in [1.29, 1.82) is 0 Å². The summed E-state index contributed by atoms with van der Waals surface area (Å²) in [4.78, 5) is 0. The molecule has 1 aliphatic carbocycles. The molecule has 0 aliphatic heterocycles. The molecule has 0 spiro atoms. The lowest BCUT2D eigenvalue weighted by molar-refractivity contribution is 0.110. The van der Waals surface area contributed by atoms with E-state index in [2.05, 4.69) is 31.3 Å². The van der Waals surface area contributed by atoms with Crippen LogP contribution in [0.5, 0.6) is 0 Å². The van der Waals surface area contributed by atoms with Crippen LogP contribution < -0.4 is 5.32 Å². The van der Waals surface area contributed by atoms with Gasteiger partial charge in [-0.15, -0.1) is 0 Å². The maximum Gasteiger partial charge on any atom is 0.0943 e. The number of aliphatic hydroxyl groups excluding tert-OH is 1. The number of hydrogen-bond donors (Lipinski definition) is 2. The molecule has 1 aromatic rings. The minimum atomic E-state index is -0.422.